The Balaban J connectivity index is 2.35. The molecule has 0 aromatic heterocycles. The van der Waals surface area contributed by atoms with Crippen molar-refractivity contribution in [2.45, 2.75) is 12.3 Å². The molecule has 3 heteroatoms. The fourth-order valence-electron chi connectivity index (χ4n) is 2.03. The van der Waals surface area contributed by atoms with Gasteiger partial charge in [-0.1, -0.05) is 30.3 Å². The van der Waals surface area contributed by atoms with E-state index in [1.54, 1.807) is 6.08 Å². The van der Waals surface area contributed by atoms with Crippen molar-refractivity contribution in [3.8, 4) is 0 Å². The summed E-state index contributed by atoms with van der Waals surface area (Å²) in [5.41, 5.74) is 2.07. The fourth-order valence-corrected chi connectivity index (χ4v) is 2.03. The number of hydrogen-bond donors (Lipinski definition) is 1. The molecule has 0 amide bonds. The van der Waals surface area contributed by atoms with E-state index in [2.05, 4.69) is 0 Å². The quantitative estimate of drug-likeness (QED) is 0.788. The maximum atomic E-state index is 10.6. The van der Waals surface area contributed by atoms with Crippen molar-refractivity contribution < 1.29 is 14.6 Å². The maximum absolute atomic E-state index is 10.6. The van der Waals surface area contributed by atoms with E-state index in [1.165, 1.54) is 11.6 Å². The highest BCUT2D eigenvalue weighted by Gasteiger charge is 2.38. The molecule has 0 radical (unpaired) electrons. The molecule has 1 aromatic carbocycles. The lowest BCUT2D eigenvalue weighted by atomic mass is 9.76. The zero-order valence-corrected chi connectivity index (χ0v) is 9.14. The largest absolute Gasteiger partial charge is 0.478 e. The Morgan fingerprint density at radius 1 is 1.44 bits per heavy atom. The summed E-state index contributed by atoms with van der Waals surface area (Å²) in [5, 5.41) is 8.69. The molecule has 3 nitrogen and oxygen atoms in total. The van der Waals surface area contributed by atoms with Crippen LogP contribution in [-0.4, -0.2) is 24.3 Å². The Morgan fingerprint density at radius 2 is 2.12 bits per heavy atom. The van der Waals surface area contributed by atoms with E-state index in [0.717, 1.165) is 5.56 Å². The van der Waals surface area contributed by atoms with Crippen LogP contribution in [0.15, 0.2) is 36.4 Å². The summed E-state index contributed by atoms with van der Waals surface area (Å²) < 4.78 is 5.24. The summed E-state index contributed by atoms with van der Waals surface area (Å²) in [6, 6.07) is 8.01. The van der Waals surface area contributed by atoms with Crippen molar-refractivity contribution in [1.82, 2.24) is 0 Å². The van der Waals surface area contributed by atoms with E-state index in [4.69, 9.17) is 9.84 Å². The van der Waals surface area contributed by atoms with Gasteiger partial charge < -0.3 is 9.84 Å². The highest BCUT2D eigenvalue weighted by Crippen LogP contribution is 2.35. The number of ether oxygens (including phenoxy) is 1. The van der Waals surface area contributed by atoms with Gasteiger partial charge in [0.1, 0.15) is 0 Å². The monoisotopic (exact) mass is 218 g/mol. The Morgan fingerprint density at radius 3 is 2.62 bits per heavy atom. The molecule has 16 heavy (non-hydrogen) atoms. The number of carboxylic acids is 1. The molecule has 0 spiro atoms. The molecule has 84 valence electrons. The molecule has 0 atom stereocenters. The molecule has 1 aliphatic heterocycles. The lowest BCUT2D eigenvalue weighted by Gasteiger charge is -2.40. The zero-order valence-electron chi connectivity index (χ0n) is 9.14. The SMILES string of the molecule is Cc1ccccc1C1(/C=C/C(=O)O)COC1. The molecule has 1 aromatic rings. The lowest BCUT2D eigenvalue weighted by Crippen LogP contribution is -2.45. The van der Waals surface area contributed by atoms with Crippen molar-refractivity contribution in [3.63, 3.8) is 0 Å². The van der Waals surface area contributed by atoms with Gasteiger partial charge in [0, 0.05) is 6.08 Å². The lowest BCUT2D eigenvalue weighted by molar-refractivity contribution is -0.131. The van der Waals surface area contributed by atoms with Gasteiger partial charge >= 0.3 is 5.97 Å². The van der Waals surface area contributed by atoms with E-state index >= 15 is 0 Å². The van der Waals surface area contributed by atoms with Crippen molar-refractivity contribution in [2.24, 2.45) is 0 Å². The average Bonchev–Trinajstić information content (AvgIpc) is 2.18. The molecule has 1 heterocycles. The fraction of sp³-hybridized carbons (Fsp3) is 0.308. The van der Waals surface area contributed by atoms with Gasteiger partial charge in [0.2, 0.25) is 0 Å². The Hall–Kier alpha value is -1.61. The molecule has 0 unspecified atom stereocenters. The second kappa shape index (κ2) is 4.10. The van der Waals surface area contributed by atoms with Gasteiger partial charge in [-0.05, 0) is 18.1 Å². The summed E-state index contributed by atoms with van der Waals surface area (Å²) in [5.74, 6) is -0.917. The first-order valence-corrected chi connectivity index (χ1v) is 5.20. The molecule has 0 aliphatic carbocycles. The topological polar surface area (TPSA) is 46.5 Å². The van der Waals surface area contributed by atoms with Crippen molar-refractivity contribution in [2.75, 3.05) is 13.2 Å². The number of carbonyl (C=O) groups is 1. The van der Waals surface area contributed by atoms with Crippen LogP contribution in [0, 0.1) is 6.92 Å². The van der Waals surface area contributed by atoms with Crippen LogP contribution >= 0.6 is 0 Å². The second-order valence-electron chi connectivity index (χ2n) is 4.14. The van der Waals surface area contributed by atoms with E-state index in [-0.39, 0.29) is 5.41 Å². The predicted molar refractivity (Wildman–Crippen MR) is 60.5 cm³/mol. The van der Waals surface area contributed by atoms with E-state index in [1.807, 2.05) is 31.2 Å². The minimum absolute atomic E-state index is 0.246. The molecular formula is C13H14O3. The van der Waals surface area contributed by atoms with E-state index in [9.17, 15) is 4.79 Å². The standard InChI is InChI=1S/C13H14O3/c1-10-4-2-3-5-11(10)13(8-16-9-13)7-6-12(14)15/h2-7H,8-9H2,1H3,(H,14,15)/b7-6+. The number of carboxylic acid groups (broad SMARTS) is 1. The van der Waals surface area contributed by atoms with Gasteiger partial charge in [0.05, 0.1) is 18.6 Å². The Labute approximate surface area is 94.4 Å². The van der Waals surface area contributed by atoms with Crippen LogP contribution in [0.2, 0.25) is 0 Å². The van der Waals surface area contributed by atoms with Crippen LogP contribution in [-0.2, 0) is 14.9 Å². The molecule has 1 aliphatic rings. The summed E-state index contributed by atoms with van der Waals surface area (Å²) >= 11 is 0. The molecular weight excluding hydrogens is 204 g/mol. The molecule has 2 rings (SSSR count). The third-order valence-electron chi connectivity index (χ3n) is 2.95. The first-order valence-electron chi connectivity index (χ1n) is 5.20. The van der Waals surface area contributed by atoms with Gasteiger partial charge in [0.15, 0.2) is 0 Å². The summed E-state index contributed by atoms with van der Waals surface area (Å²) in [4.78, 5) is 10.6. The highest BCUT2D eigenvalue weighted by atomic mass is 16.5. The summed E-state index contributed by atoms with van der Waals surface area (Å²) in [7, 11) is 0. The predicted octanol–water partition coefficient (Wildman–Crippen LogP) is 1.90. The Bertz CT molecular complexity index is 431. The number of hydrogen-bond acceptors (Lipinski definition) is 2. The average molecular weight is 218 g/mol. The van der Waals surface area contributed by atoms with Crippen LogP contribution in [0.1, 0.15) is 11.1 Å². The normalized spacial score (nSPS) is 18.3. The number of rotatable bonds is 3. The third-order valence-corrected chi connectivity index (χ3v) is 2.95. The van der Waals surface area contributed by atoms with Crippen LogP contribution in [0.25, 0.3) is 0 Å². The van der Waals surface area contributed by atoms with E-state index < -0.39 is 5.97 Å². The highest BCUT2D eigenvalue weighted by molar-refractivity contribution is 5.80. The Kier molecular flexibility index (Phi) is 2.79. The van der Waals surface area contributed by atoms with Gasteiger partial charge in [-0.3, -0.25) is 0 Å². The number of aryl methyl sites for hydroxylation is 1. The smallest absolute Gasteiger partial charge is 0.328 e. The van der Waals surface area contributed by atoms with Gasteiger partial charge in [-0.15, -0.1) is 0 Å². The van der Waals surface area contributed by atoms with E-state index in [0.29, 0.717) is 13.2 Å². The van der Waals surface area contributed by atoms with Gasteiger partial charge in [-0.2, -0.15) is 0 Å². The molecule has 0 saturated carbocycles. The number of benzene rings is 1. The number of aliphatic carboxylic acids is 1. The van der Waals surface area contributed by atoms with Crippen molar-refractivity contribution in [3.05, 3.63) is 47.5 Å². The first-order chi connectivity index (χ1) is 7.64. The molecule has 1 fully saturated rings. The molecule has 0 bridgehead atoms. The minimum atomic E-state index is -0.917. The van der Waals surface area contributed by atoms with Crippen LogP contribution in [0.3, 0.4) is 0 Å². The molecule has 1 N–H and O–H groups in total. The van der Waals surface area contributed by atoms with Gasteiger partial charge in [-0.25, -0.2) is 4.79 Å². The summed E-state index contributed by atoms with van der Waals surface area (Å²) in [6.07, 6.45) is 2.94. The second-order valence-corrected chi connectivity index (χ2v) is 4.14. The van der Waals surface area contributed by atoms with Crippen LogP contribution in [0.5, 0.6) is 0 Å². The zero-order chi connectivity index (χ0) is 11.6. The van der Waals surface area contributed by atoms with Crippen LogP contribution in [0.4, 0.5) is 0 Å². The first kappa shape index (κ1) is 10.9. The van der Waals surface area contributed by atoms with Crippen molar-refractivity contribution >= 4 is 5.97 Å². The van der Waals surface area contributed by atoms with Crippen molar-refractivity contribution in [1.29, 1.82) is 0 Å². The third kappa shape index (κ3) is 1.86. The summed E-state index contributed by atoms with van der Waals surface area (Å²) in [6.45, 7) is 3.15. The van der Waals surface area contributed by atoms with Gasteiger partial charge in [0.25, 0.3) is 0 Å². The van der Waals surface area contributed by atoms with Crippen LogP contribution < -0.4 is 0 Å². The minimum Gasteiger partial charge on any atom is -0.478 e. The maximum Gasteiger partial charge on any atom is 0.328 e. The molecule has 1 saturated heterocycles.